The zero-order valence-electron chi connectivity index (χ0n) is 18.0. The summed E-state index contributed by atoms with van der Waals surface area (Å²) >= 11 is 6.06. The van der Waals surface area contributed by atoms with Crippen molar-refractivity contribution in [1.82, 2.24) is 9.97 Å². The quantitative estimate of drug-likeness (QED) is 0.493. The van der Waals surface area contributed by atoms with E-state index in [9.17, 15) is 5.26 Å². The molecule has 0 amide bonds. The lowest BCUT2D eigenvalue weighted by Gasteiger charge is -2.27. The van der Waals surface area contributed by atoms with Crippen LogP contribution in [0.15, 0.2) is 54.7 Å². The molecule has 0 radical (unpaired) electrons. The molecule has 1 aromatic heterocycles. The van der Waals surface area contributed by atoms with E-state index >= 15 is 0 Å². The van der Waals surface area contributed by atoms with Crippen molar-refractivity contribution in [2.24, 2.45) is 0 Å². The van der Waals surface area contributed by atoms with E-state index in [1.807, 2.05) is 42.5 Å². The van der Waals surface area contributed by atoms with E-state index in [1.165, 1.54) is 0 Å². The van der Waals surface area contributed by atoms with Gasteiger partial charge in [-0.25, -0.2) is 9.97 Å². The third-order valence-corrected chi connectivity index (χ3v) is 5.36. The van der Waals surface area contributed by atoms with Gasteiger partial charge in [-0.2, -0.15) is 5.26 Å². The first-order valence-corrected chi connectivity index (χ1v) is 10.2. The Morgan fingerprint density at radius 1 is 1.00 bits per heavy atom. The average Bonchev–Trinajstić information content (AvgIpc) is 2.72. The second-order valence-electron chi connectivity index (χ2n) is 8.86. The maximum Gasteiger partial charge on any atom is 0.133 e. The fourth-order valence-electron chi connectivity index (χ4n) is 3.27. The number of benzene rings is 2. The molecule has 1 heterocycles. The van der Waals surface area contributed by atoms with Crippen molar-refractivity contribution in [2.75, 3.05) is 0 Å². The fourth-order valence-corrected chi connectivity index (χ4v) is 3.44. The van der Waals surface area contributed by atoms with Crippen molar-refractivity contribution in [3.63, 3.8) is 0 Å². The average molecular weight is 420 g/mol. The monoisotopic (exact) mass is 419 g/mol. The number of nitrogens with zero attached hydrogens (tertiary/aromatic N) is 3. The van der Waals surface area contributed by atoms with E-state index in [0.717, 1.165) is 28.4 Å². The zero-order chi connectivity index (χ0) is 21.9. The van der Waals surface area contributed by atoms with Gasteiger partial charge >= 0.3 is 0 Å². The summed E-state index contributed by atoms with van der Waals surface area (Å²) in [5.41, 5.74) is 3.02. The zero-order valence-corrected chi connectivity index (χ0v) is 18.8. The summed E-state index contributed by atoms with van der Waals surface area (Å²) in [5.74, 6) is 1.57. The molecule has 0 fully saturated rings. The number of halogens is 1. The van der Waals surface area contributed by atoms with E-state index < -0.39 is 0 Å². The minimum Gasteiger partial charge on any atom is -0.487 e. The first kappa shape index (κ1) is 21.8. The number of hydrogen-bond donors (Lipinski definition) is 0. The van der Waals surface area contributed by atoms with Gasteiger partial charge in [0.1, 0.15) is 18.2 Å². The second kappa shape index (κ2) is 8.45. The van der Waals surface area contributed by atoms with Gasteiger partial charge in [-0.15, -0.1) is 0 Å². The number of aromatic nitrogens is 2. The summed E-state index contributed by atoms with van der Waals surface area (Å²) in [4.78, 5) is 8.96. The Morgan fingerprint density at radius 3 is 2.33 bits per heavy atom. The van der Waals surface area contributed by atoms with Crippen molar-refractivity contribution in [1.29, 1.82) is 5.26 Å². The van der Waals surface area contributed by atoms with Crippen LogP contribution < -0.4 is 4.74 Å². The van der Waals surface area contributed by atoms with Crippen LogP contribution in [0.4, 0.5) is 0 Å². The van der Waals surface area contributed by atoms with Gasteiger partial charge in [0.05, 0.1) is 17.3 Å². The van der Waals surface area contributed by atoms with Gasteiger partial charge in [0, 0.05) is 22.0 Å². The van der Waals surface area contributed by atoms with Gasteiger partial charge < -0.3 is 4.74 Å². The molecule has 0 aliphatic carbocycles. The molecule has 0 N–H and O–H groups in total. The van der Waals surface area contributed by atoms with Crippen LogP contribution in [0.3, 0.4) is 0 Å². The van der Waals surface area contributed by atoms with Gasteiger partial charge in [0.25, 0.3) is 0 Å². The lowest BCUT2D eigenvalue weighted by atomic mass is 9.76. The second-order valence-corrected chi connectivity index (χ2v) is 9.30. The Morgan fingerprint density at radius 2 is 1.70 bits per heavy atom. The molecule has 0 bridgehead atoms. The smallest absolute Gasteiger partial charge is 0.133 e. The highest BCUT2D eigenvalue weighted by Crippen LogP contribution is 2.35. The van der Waals surface area contributed by atoms with Crippen LogP contribution in [0.2, 0.25) is 5.02 Å². The molecular weight excluding hydrogens is 394 g/mol. The van der Waals surface area contributed by atoms with Crippen molar-refractivity contribution < 1.29 is 4.74 Å². The van der Waals surface area contributed by atoms with Crippen LogP contribution in [0.5, 0.6) is 5.75 Å². The highest BCUT2D eigenvalue weighted by molar-refractivity contribution is 6.30. The maximum atomic E-state index is 9.51. The van der Waals surface area contributed by atoms with Crippen LogP contribution in [-0.4, -0.2) is 9.97 Å². The van der Waals surface area contributed by atoms with E-state index in [4.69, 9.17) is 16.3 Å². The van der Waals surface area contributed by atoms with Gasteiger partial charge in [0.15, 0.2) is 0 Å². The largest absolute Gasteiger partial charge is 0.487 e. The summed E-state index contributed by atoms with van der Waals surface area (Å²) in [5, 5.41) is 10.1. The lowest BCUT2D eigenvalue weighted by Crippen LogP contribution is -2.20. The Labute approximate surface area is 183 Å². The Balaban J connectivity index is 1.76. The van der Waals surface area contributed by atoms with Crippen LogP contribution in [0.1, 0.15) is 62.8 Å². The van der Waals surface area contributed by atoms with E-state index in [1.54, 1.807) is 12.3 Å². The van der Waals surface area contributed by atoms with Gasteiger partial charge in [-0.3, -0.25) is 0 Å². The molecule has 0 unspecified atom stereocenters. The molecule has 0 saturated carbocycles. The Kier molecular flexibility index (Phi) is 6.14. The molecule has 0 saturated heterocycles. The van der Waals surface area contributed by atoms with E-state index in [0.29, 0.717) is 17.2 Å². The molecule has 3 aromatic rings. The van der Waals surface area contributed by atoms with Crippen molar-refractivity contribution in [3.8, 4) is 11.8 Å². The lowest BCUT2D eigenvalue weighted by molar-refractivity contribution is 0.299. The SMILES string of the molecule is CC(C)(C)c1nccc(COc2ccc(C(C)(C)c3ccc(Cl)cc3C#N)cc2)n1. The summed E-state index contributed by atoms with van der Waals surface area (Å²) in [6, 6.07) is 17.6. The van der Waals surface area contributed by atoms with Crippen molar-refractivity contribution in [2.45, 2.75) is 52.1 Å². The normalized spacial score (nSPS) is 11.8. The van der Waals surface area contributed by atoms with Gasteiger partial charge in [-0.05, 0) is 41.5 Å². The number of hydrogen-bond acceptors (Lipinski definition) is 4. The first-order valence-electron chi connectivity index (χ1n) is 9.87. The molecule has 3 rings (SSSR count). The number of rotatable bonds is 5. The van der Waals surface area contributed by atoms with Crippen LogP contribution in [-0.2, 0) is 17.4 Å². The third kappa shape index (κ3) is 4.80. The minimum atomic E-state index is -0.345. The molecule has 30 heavy (non-hydrogen) atoms. The van der Waals surface area contributed by atoms with E-state index in [-0.39, 0.29) is 10.8 Å². The standard InChI is InChI=1S/C25H26ClN3O/c1-24(2,3)23-28-13-12-20(29-23)16-30-21-9-6-18(7-10-21)25(4,5)22-11-8-19(26)14-17(22)15-27/h6-14H,16H2,1-5H3. The summed E-state index contributed by atoms with van der Waals surface area (Å²) < 4.78 is 5.93. The third-order valence-electron chi connectivity index (χ3n) is 5.12. The molecule has 0 spiro atoms. The molecular formula is C25H26ClN3O. The molecule has 0 atom stereocenters. The van der Waals surface area contributed by atoms with Crippen LogP contribution >= 0.6 is 11.6 Å². The summed E-state index contributed by atoms with van der Waals surface area (Å²) in [7, 11) is 0. The first-order chi connectivity index (χ1) is 14.1. The van der Waals surface area contributed by atoms with E-state index in [2.05, 4.69) is 50.7 Å². The predicted molar refractivity (Wildman–Crippen MR) is 120 cm³/mol. The molecule has 154 valence electrons. The minimum absolute atomic E-state index is 0.104. The van der Waals surface area contributed by atoms with Gasteiger partial charge in [0.2, 0.25) is 0 Å². The number of nitriles is 1. The van der Waals surface area contributed by atoms with Gasteiger partial charge in [-0.1, -0.05) is 64.4 Å². The van der Waals surface area contributed by atoms with Crippen LogP contribution in [0.25, 0.3) is 0 Å². The topological polar surface area (TPSA) is 58.8 Å². The molecule has 2 aromatic carbocycles. The highest BCUT2D eigenvalue weighted by Gasteiger charge is 2.26. The van der Waals surface area contributed by atoms with Crippen molar-refractivity contribution in [3.05, 3.63) is 88.0 Å². The molecule has 0 aliphatic rings. The Hall–Kier alpha value is -2.90. The summed E-state index contributed by atoms with van der Waals surface area (Å²) in [6.07, 6.45) is 1.77. The van der Waals surface area contributed by atoms with Crippen LogP contribution in [0, 0.1) is 11.3 Å². The maximum absolute atomic E-state index is 9.51. The number of ether oxygens (including phenoxy) is 1. The van der Waals surface area contributed by atoms with Crippen molar-refractivity contribution >= 4 is 11.6 Å². The fraction of sp³-hybridized carbons (Fsp3) is 0.320. The molecule has 4 nitrogen and oxygen atoms in total. The molecule has 0 aliphatic heterocycles. The Bertz CT molecular complexity index is 1080. The molecule has 5 heteroatoms. The highest BCUT2D eigenvalue weighted by atomic mass is 35.5. The predicted octanol–water partition coefficient (Wildman–Crippen LogP) is 6.20. The summed E-state index contributed by atoms with van der Waals surface area (Å²) in [6.45, 7) is 10.8.